The van der Waals surface area contributed by atoms with Crippen LogP contribution in [0.1, 0.15) is 32.8 Å². The lowest BCUT2D eigenvalue weighted by molar-refractivity contribution is 0.494. The Hall–Kier alpha value is -0.500. The predicted molar refractivity (Wildman–Crippen MR) is 71.4 cm³/mol. The van der Waals surface area contributed by atoms with Crippen molar-refractivity contribution in [1.82, 2.24) is 0 Å². The molecule has 0 heterocycles. The van der Waals surface area contributed by atoms with Crippen LogP contribution in [0.2, 0.25) is 0 Å². The van der Waals surface area contributed by atoms with E-state index in [1.807, 2.05) is 0 Å². The average molecular weight is 270 g/mol. The summed E-state index contributed by atoms with van der Waals surface area (Å²) < 4.78 is 1.17. The summed E-state index contributed by atoms with van der Waals surface area (Å²) in [5.41, 5.74) is 2.49. The second-order valence-electron chi connectivity index (χ2n) is 4.28. The Morgan fingerprint density at radius 2 is 2.00 bits per heavy atom. The SMILES string of the molecule is CCC(C)C(C)Nc1ccc(Br)c(C)c1. The highest BCUT2D eigenvalue weighted by Gasteiger charge is 2.09. The van der Waals surface area contributed by atoms with Gasteiger partial charge in [-0.15, -0.1) is 0 Å². The maximum atomic E-state index is 3.54. The fourth-order valence-corrected chi connectivity index (χ4v) is 1.74. The first-order chi connectivity index (χ1) is 7.04. The molecular formula is C13H20BrN. The van der Waals surface area contributed by atoms with E-state index in [0.29, 0.717) is 12.0 Å². The van der Waals surface area contributed by atoms with Crippen molar-refractivity contribution in [2.45, 2.75) is 40.2 Å². The molecule has 0 aliphatic heterocycles. The number of aryl methyl sites for hydroxylation is 1. The van der Waals surface area contributed by atoms with Crippen LogP contribution in [-0.2, 0) is 0 Å². The van der Waals surface area contributed by atoms with Crippen molar-refractivity contribution in [2.75, 3.05) is 5.32 Å². The van der Waals surface area contributed by atoms with E-state index in [1.165, 1.54) is 22.1 Å². The average Bonchev–Trinajstić information content (AvgIpc) is 2.22. The van der Waals surface area contributed by atoms with Gasteiger partial charge in [-0.25, -0.2) is 0 Å². The maximum Gasteiger partial charge on any atom is 0.0345 e. The summed E-state index contributed by atoms with van der Waals surface area (Å²) in [7, 11) is 0. The second-order valence-corrected chi connectivity index (χ2v) is 5.14. The number of hydrogen-bond donors (Lipinski definition) is 1. The van der Waals surface area contributed by atoms with Crippen LogP contribution in [0.3, 0.4) is 0 Å². The monoisotopic (exact) mass is 269 g/mol. The molecule has 2 unspecified atom stereocenters. The molecule has 15 heavy (non-hydrogen) atoms. The van der Waals surface area contributed by atoms with E-state index in [0.717, 1.165) is 0 Å². The van der Waals surface area contributed by atoms with E-state index in [9.17, 15) is 0 Å². The lowest BCUT2D eigenvalue weighted by atomic mass is 10.0. The zero-order chi connectivity index (χ0) is 11.4. The van der Waals surface area contributed by atoms with E-state index < -0.39 is 0 Å². The topological polar surface area (TPSA) is 12.0 Å². The third-order valence-electron chi connectivity index (χ3n) is 3.05. The van der Waals surface area contributed by atoms with Gasteiger partial charge in [0.25, 0.3) is 0 Å². The number of halogens is 1. The molecule has 0 saturated heterocycles. The zero-order valence-corrected chi connectivity index (χ0v) is 11.6. The lowest BCUT2D eigenvalue weighted by Gasteiger charge is -2.21. The Labute approximate surface area is 101 Å². The summed E-state index contributed by atoms with van der Waals surface area (Å²) in [5.74, 6) is 0.703. The van der Waals surface area contributed by atoms with Crippen LogP contribution in [0.25, 0.3) is 0 Å². The van der Waals surface area contributed by atoms with Crippen LogP contribution in [0.4, 0.5) is 5.69 Å². The van der Waals surface area contributed by atoms with Gasteiger partial charge in [-0.3, -0.25) is 0 Å². The molecule has 0 aliphatic carbocycles. The van der Waals surface area contributed by atoms with Gasteiger partial charge in [0, 0.05) is 16.2 Å². The molecule has 0 amide bonds. The van der Waals surface area contributed by atoms with Gasteiger partial charge in [0.1, 0.15) is 0 Å². The molecule has 2 atom stereocenters. The van der Waals surface area contributed by atoms with E-state index in [1.54, 1.807) is 0 Å². The fourth-order valence-electron chi connectivity index (χ4n) is 1.49. The third kappa shape index (κ3) is 3.53. The van der Waals surface area contributed by atoms with Crippen LogP contribution in [0, 0.1) is 12.8 Å². The molecule has 1 aromatic carbocycles. The van der Waals surface area contributed by atoms with Gasteiger partial charge in [-0.05, 0) is 43.5 Å². The first-order valence-electron chi connectivity index (χ1n) is 5.57. The number of nitrogens with one attached hydrogen (secondary N) is 1. The van der Waals surface area contributed by atoms with E-state index >= 15 is 0 Å². The highest BCUT2D eigenvalue weighted by Crippen LogP contribution is 2.21. The summed E-state index contributed by atoms with van der Waals surface area (Å²) in [6, 6.07) is 6.93. The van der Waals surface area contributed by atoms with Crippen LogP contribution >= 0.6 is 15.9 Å². The van der Waals surface area contributed by atoms with Gasteiger partial charge >= 0.3 is 0 Å². The Kier molecular flexibility index (Phi) is 4.65. The Morgan fingerprint density at radius 3 is 2.53 bits per heavy atom. The molecule has 1 N–H and O–H groups in total. The Morgan fingerprint density at radius 1 is 1.33 bits per heavy atom. The van der Waals surface area contributed by atoms with Crippen molar-refractivity contribution in [1.29, 1.82) is 0 Å². The third-order valence-corrected chi connectivity index (χ3v) is 3.94. The normalized spacial score (nSPS) is 14.7. The smallest absolute Gasteiger partial charge is 0.0345 e. The highest BCUT2D eigenvalue weighted by atomic mass is 79.9. The molecule has 1 nitrogen and oxygen atoms in total. The quantitative estimate of drug-likeness (QED) is 0.842. The molecular weight excluding hydrogens is 250 g/mol. The van der Waals surface area contributed by atoms with Crippen LogP contribution in [0.15, 0.2) is 22.7 Å². The number of rotatable bonds is 4. The maximum absolute atomic E-state index is 3.54. The molecule has 0 fully saturated rings. The van der Waals surface area contributed by atoms with Crippen LogP contribution in [-0.4, -0.2) is 6.04 Å². The summed E-state index contributed by atoms with van der Waals surface area (Å²) in [6.45, 7) is 8.87. The number of hydrogen-bond acceptors (Lipinski definition) is 1. The molecule has 2 heteroatoms. The second kappa shape index (κ2) is 5.55. The number of anilines is 1. The van der Waals surface area contributed by atoms with Crippen molar-refractivity contribution >= 4 is 21.6 Å². The molecule has 0 bridgehead atoms. The molecule has 1 aromatic rings. The standard InChI is InChI=1S/C13H20BrN/c1-5-9(2)11(4)15-12-6-7-13(14)10(3)8-12/h6-9,11,15H,5H2,1-4H3. The first kappa shape index (κ1) is 12.6. The Bertz CT molecular complexity index is 322. The molecule has 0 aliphatic rings. The molecule has 1 rings (SSSR count). The molecule has 0 radical (unpaired) electrons. The molecule has 0 spiro atoms. The minimum atomic E-state index is 0.524. The molecule has 0 aromatic heterocycles. The summed E-state index contributed by atoms with van der Waals surface area (Å²) >= 11 is 3.51. The van der Waals surface area contributed by atoms with Gasteiger partial charge < -0.3 is 5.32 Å². The van der Waals surface area contributed by atoms with Crippen LogP contribution in [0.5, 0.6) is 0 Å². The number of benzene rings is 1. The molecule has 84 valence electrons. The predicted octanol–water partition coefficient (Wildman–Crippen LogP) is 4.60. The largest absolute Gasteiger partial charge is 0.382 e. The van der Waals surface area contributed by atoms with Crippen molar-refractivity contribution in [3.8, 4) is 0 Å². The summed E-state index contributed by atoms with van der Waals surface area (Å²) in [6.07, 6.45) is 1.21. The summed E-state index contributed by atoms with van der Waals surface area (Å²) in [5, 5.41) is 3.54. The van der Waals surface area contributed by atoms with E-state index in [2.05, 4.69) is 67.1 Å². The van der Waals surface area contributed by atoms with Gasteiger partial charge in [-0.2, -0.15) is 0 Å². The molecule has 0 saturated carbocycles. The van der Waals surface area contributed by atoms with Gasteiger partial charge in [-0.1, -0.05) is 36.2 Å². The first-order valence-corrected chi connectivity index (χ1v) is 6.36. The van der Waals surface area contributed by atoms with Gasteiger partial charge in [0.05, 0.1) is 0 Å². The van der Waals surface area contributed by atoms with Crippen LogP contribution < -0.4 is 5.32 Å². The summed E-state index contributed by atoms with van der Waals surface area (Å²) in [4.78, 5) is 0. The van der Waals surface area contributed by atoms with Gasteiger partial charge in [0.15, 0.2) is 0 Å². The Balaban J connectivity index is 2.68. The van der Waals surface area contributed by atoms with Crippen molar-refractivity contribution in [2.24, 2.45) is 5.92 Å². The minimum Gasteiger partial charge on any atom is -0.382 e. The van der Waals surface area contributed by atoms with Crippen molar-refractivity contribution in [3.63, 3.8) is 0 Å². The van der Waals surface area contributed by atoms with Crippen molar-refractivity contribution in [3.05, 3.63) is 28.2 Å². The van der Waals surface area contributed by atoms with E-state index in [-0.39, 0.29) is 0 Å². The van der Waals surface area contributed by atoms with Gasteiger partial charge in [0.2, 0.25) is 0 Å². The van der Waals surface area contributed by atoms with E-state index in [4.69, 9.17) is 0 Å². The minimum absolute atomic E-state index is 0.524. The van der Waals surface area contributed by atoms with Crippen molar-refractivity contribution < 1.29 is 0 Å². The zero-order valence-electron chi connectivity index (χ0n) is 9.97. The lowest BCUT2D eigenvalue weighted by Crippen LogP contribution is -2.23. The highest BCUT2D eigenvalue weighted by molar-refractivity contribution is 9.10. The fraction of sp³-hybridized carbons (Fsp3) is 0.538.